The summed E-state index contributed by atoms with van der Waals surface area (Å²) in [5.41, 5.74) is 0.807. The highest BCUT2D eigenvalue weighted by molar-refractivity contribution is 5.31. The summed E-state index contributed by atoms with van der Waals surface area (Å²) in [5, 5.41) is 8.51. The highest BCUT2D eigenvalue weighted by Crippen LogP contribution is 2.14. The van der Waals surface area contributed by atoms with E-state index in [0.717, 1.165) is 11.9 Å². The lowest BCUT2D eigenvalue weighted by Gasteiger charge is -2.03. The van der Waals surface area contributed by atoms with Crippen LogP contribution in [0.15, 0.2) is 12.3 Å². The molecule has 0 unspecified atom stereocenters. The third-order valence-corrected chi connectivity index (χ3v) is 1.59. The number of hydrogen-bond acceptors (Lipinski definition) is 2. The molecule has 0 spiro atoms. The summed E-state index contributed by atoms with van der Waals surface area (Å²) in [7, 11) is 0. The van der Waals surface area contributed by atoms with Gasteiger partial charge in [0.05, 0.1) is 11.8 Å². The Morgan fingerprint density at radius 3 is 2.75 bits per heavy atom. The molecule has 0 N–H and O–H groups in total. The van der Waals surface area contributed by atoms with Crippen LogP contribution in [0.4, 0.5) is 4.39 Å². The van der Waals surface area contributed by atoms with Gasteiger partial charge in [-0.3, -0.25) is 4.98 Å². The SMILES string of the molecule is CC(C)c1cc(C#N)c(F)cn1. The number of aromatic nitrogens is 1. The van der Waals surface area contributed by atoms with E-state index in [-0.39, 0.29) is 11.5 Å². The molecule has 0 aliphatic carbocycles. The van der Waals surface area contributed by atoms with Crippen LogP contribution in [0.25, 0.3) is 0 Å². The molecular weight excluding hydrogens is 155 g/mol. The number of rotatable bonds is 1. The van der Waals surface area contributed by atoms with Crippen LogP contribution in [0.5, 0.6) is 0 Å². The van der Waals surface area contributed by atoms with Gasteiger partial charge in [-0.1, -0.05) is 13.8 Å². The van der Waals surface area contributed by atoms with Gasteiger partial charge in [-0.05, 0) is 12.0 Å². The summed E-state index contributed by atoms with van der Waals surface area (Å²) < 4.78 is 12.7. The lowest BCUT2D eigenvalue weighted by molar-refractivity contribution is 0.613. The summed E-state index contributed by atoms with van der Waals surface area (Å²) in [6, 6.07) is 3.26. The van der Waals surface area contributed by atoms with Gasteiger partial charge in [0.15, 0.2) is 5.82 Å². The average molecular weight is 164 g/mol. The normalized spacial score (nSPS) is 9.92. The van der Waals surface area contributed by atoms with Crippen LogP contribution in [-0.4, -0.2) is 4.98 Å². The topological polar surface area (TPSA) is 36.7 Å². The molecule has 0 saturated carbocycles. The van der Waals surface area contributed by atoms with Crippen LogP contribution < -0.4 is 0 Å². The number of hydrogen-bond donors (Lipinski definition) is 0. The van der Waals surface area contributed by atoms with E-state index in [2.05, 4.69) is 4.98 Å². The van der Waals surface area contributed by atoms with Crippen molar-refractivity contribution < 1.29 is 4.39 Å². The molecule has 62 valence electrons. The van der Waals surface area contributed by atoms with E-state index in [1.165, 1.54) is 6.07 Å². The highest BCUT2D eigenvalue weighted by Gasteiger charge is 2.06. The van der Waals surface area contributed by atoms with Crippen LogP contribution in [0, 0.1) is 17.1 Å². The van der Waals surface area contributed by atoms with Gasteiger partial charge in [0.1, 0.15) is 6.07 Å². The van der Waals surface area contributed by atoms with E-state index < -0.39 is 5.82 Å². The van der Waals surface area contributed by atoms with Gasteiger partial charge in [-0.2, -0.15) is 5.26 Å². The molecule has 3 heteroatoms. The van der Waals surface area contributed by atoms with Gasteiger partial charge in [0.25, 0.3) is 0 Å². The molecule has 0 amide bonds. The second kappa shape index (κ2) is 3.31. The fourth-order valence-corrected chi connectivity index (χ4v) is 0.856. The molecule has 1 aromatic rings. The van der Waals surface area contributed by atoms with Gasteiger partial charge < -0.3 is 0 Å². The monoisotopic (exact) mass is 164 g/mol. The van der Waals surface area contributed by atoms with E-state index >= 15 is 0 Å². The number of nitrogens with zero attached hydrogens (tertiary/aromatic N) is 2. The molecule has 1 rings (SSSR count). The zero-order chi connectivity index (χ0) is 9.14. The molecule has 0 fully saturated rings. The summed E-state index contributed by atoms with van der Waals surface area (Å²) in [6.07, 6.45) is 1.09. The maximum atomic E-state index is 12.7. The Morgan fingerprint density at radius 2 is 2.25 bits per heavy atom. The molecule has 1 heterocycles. The van der Waals surface area contributed by atoms with E-state index in [1.807, 2.05) is 13.8 Å². The molecular formula is C9H9FN2. The van der Waals surface area contributed by atoms with Crippen LogP contribution in [-0.2, 0) is 0 Å². The van der Waals surface area contributed by atoms with Crippen LogP contribution in [0.2, 0.25) is 0 Å². The molecule has 0 bridgehead atoms. The van der Waals surface area contributed by atoms with Gasteiger partial charge in [0, 0.05) is 5.69 Å². The molecule has 1 aromatic heterocycles. The number of pyridine rings is 1. The Bertz CT molecular complexity index is 326. The maximum Gasteiger partial charge on any atom is 0.159 e. The van der Waals surface area contributed by atoms with Crippen molar-refractivity contribution in [2.45, 2.75) is 19.8 Å². The first-order chi connectivity index (χ1) is 5.65. The van der Waals surface area contributed by atoms with Crippen molar-refractivity contribution in [3.63, 3.8) is 0 Å². The molecule has 0 aromatic carbocycles. The first kappa shape index (κ1) is 8.66. The predicted molar refractivity (Wildman–Crippen MR) is 43.0 cm³/mol. The molecule has 2 nitrogen and oxygen atoms in total. The quantitative estimate of drug-likeness (QED) is 0.638. The molecule has 0 saturated heterocycles. The zero-order valence-corrected chi connectivity index (χ0v) is 7.00. The average Bonchev–Trinajstić information content (AvgIpc) is 2.05. The third kappa shape index (κ3) is 1.59. The highest BCUT2D eigenvalue weighted by atomic mass is 19.1. The van der Waals surface area contributed by atoms with Gasteiger partial charge in [-0.25, -0.2) is 4.39 Å². The Labute approximate surface area is 70.7 Å². The van der Waals surface area contributed by atoms with Crippen LogP contribution in [0.1, 0.15) is 31.0 Å². The minimum Gasteiger partial charge on any atom is -0.258 e. The van der Waals surface area contributed by atoms with Crippen molar-refractivity contribution in [2.75, 3.05) is 0 Å². The Morgan fingerprint density at radius 1 is 1.58 bits per heavy atom. The standard InChI is InChI=1S/C9H9FN2/c1-6(2)9-3-7(4-11)8(10)5-12-9/h3,5-6H,1-2H3. The summed E-state index contributed by atoms with van der Waals surface area (Å²) in [6.45, 7) is 3.89. The molecule has 0 atom stereocenters. The number of halogens is 1. The largest absolute Gasteiger partial charge is 0.258 e. The Balaban J connectivity index is 3.16. The van der Waals surface area contributed by atoms with E-state index in [4.69, 9.17) is 5.26 Å². The number of nitriles is 1. The summed E-state index contributed by atoms with van der Waals surface area (Å²) in [4.78, 5) is 3.86. The van der Waals surface area contributed by atoms with Crippen molar-refractivity contribution in [3.05, 3.63) is 29.3 Å². The van der Waals surface area contributed by atoms with Crippen molar-refractivity contribution in [3.8, 4) is 6.07 Å². The molecule has 12 heavy (non-hydrogen) atoms. The Kier molecular flexibility index (Phi) is 2.39. The van der Waals surface area contributed by atoms with Crippen molar-refractivity contribution in [1.29, 1.82) is 5.26 Å². The minimum absolute atomic E-state index is 0.0636. The Hall–Kier alpha value is -1.43. The predicted octanol–water partition coefficient (Wildman–Crippen LogP) is 2.22. The molecule has 0 aliphatic heterocycles. The van der Waals surface area contributed by atoms with Crippen LogP contribution in [0.3, 0.4) is 0 Å². The second-order valence-corrected chi connectivity index (χ2v) is 2.86. The summed E-state index contributed by atoms with van der Waals surface area (Å²) >= 11 is 0. The lowest BCUT2D eigenvalue weighted by atomic mass is 10.1. The smallest absolute Gasteiger partial charge is 0.159 e. The molecule has 0 radical (unpaired) electrons. The molecule has 0 aliphatic rings. The van der Waals surface area contributed by atoms with Crippen LogP contribution >= 0.6 is 0 Å². The maximum absolute atomic E-state index is 12.7. The third-order valence-electron chi connectivity index (χ3n) is 1.59. The van der Waals surface area contributed by atoms with E-state index in [9.17, 15) is 4.39 Å². The fraction of sp³-hybridized carbons (Fsp3) is 0.333. The second-order valence-electron chi connectivity index (χ2n) is 2.86. The zero-order valence-electron chi connectivity index (χ0n) is 7.00. The van der Waals surface area contributed by atoms with Crippen molar-refractivity contribution in [2.24, 2.45) is 0 Å². The van der Waals surface area contributed by atoms with Crippen molar-refractivity contribution >= 4 is 0 Å². The minimum atomic E-state index is -0.554. The van der Waals surface area contributed by atoms with E-state index in [1.54, 1.807) is 6.07 Å². The summed E-state index contributed by atoms with van der Waals surface area (Å²) in [5.74, 6) is -0.334. The van der Waals surface area contributed by atoms with Gasteiger partial charge in [-0.15, -0.1) is 0 Å². The first-order valence-corrected chi connectivity index (χ1v) is 3.70. The lowest BCUT2D eigenvalue weighted by Crippen LogP contribution is -1.95. The van der Waals surface area contributed by atoms with Crippen molar-refractivity contribution in [1.82, 2.24) is 4.98 Å². The first-order valence-electron chi connectivity index (χ1n) is 3.70. The van der Waals surface area contributed by atoms with Gasteiger partial charge >= 0.3 is 0 Å². The van der Waals surface area contributed by atoms with E-state index in [0.29, 0.717) is 0 Å². The fourth-order valence-electron chi connectivity index (χ4n) is 0.856. The van der Waals surface area contributed by atoms with Gasteiger partial charge in [0.2, 0.25) is 0 Å².